The molecule has 0 aliphatic carbocycles. The van der Waals surface area contributed by atoms with E-state index >= 15 is 0 Å². The van der Waals surface area contributed by atoms with Crippen molar-refractivity contribution in [3.05, 3.63) is 35.5 Å². The molecular formula is C15H20N2O. The Morgan fingerprint density at radius 2 is 1.89 bits per heavy atom. The van der Waals surface area contributed by atoms with Gasteiger partial charge in [-0.3, -0.25) is 0 Å². The Kier molecular flexibility index (Phi) is 4.03. The molecule has 0 saturated heterocycles. The standard InChI is InChI=1S/C15H20N2O/c1-3-4-5-6-13-14(15(16)18-17-13)12-9-7-11(2)8-10-12/h7-10H,3-6,16H2,1-2H3. The number of nitrogens with two attached hydrogens (primary N) is 1. The summed E-state index contributed by atoms with van der Waals surface area (Å²) in [6.07, 6.45) is 4.46. The molecule has 1 aromatic heterocycles. The highest BCUT2D eigenvalue weighted by Crippen LogP contribution is 2.30. The second-order valence-corrected chi connectivity index (χ2v) is 4.69. The molecule has 1 aromatic carbocycles. The number of anilines is 1. The van der Waals surface area contributed by atoms with Crippen LogP contribution in [0.2, 0.25) is 0 Å². The largest absolute Gasteiger partial charge is 0.367 e. The zero-order valence-corrected chi connectivity index (χ0v) is 11.1. The first-order valence-corrected chi connectivity index (χ1v) is 6.53. The lowest BCUT2D eigenvalue weighted by Crippen LogP contribution is -1.92. The molecule has 0 radical (unpaired) electrons. The fourth-order valence-corrected chi connectivity index (χ4v) is 2.08. The predicted molar refractivity (Wildman–Crippen MR) is 74.3 cm³/mol. The monoisotopic (exact) mass is 244 g/mol. The Morgan fingerprint density at radius 1 is 1.17 bits per heavy atom. The quantitative estimate of drug-likeness (QED) is 0.810. The van der Waals surface area contributed by atoms with Gasteiger partial charge in [0.05, 0.1) is 11.3 Å². The molecule has 96 valence electrons. The molecule has 0 atom stereocenters. The number of rotatable bonds is 5. The Bertz CT molecular complexity index is 500. The van der Waals surface area contributed by atoms with E-state index in [0.29, 0.717) is 5.88 Å². The Labute approximate surface area is 108 Å². The molecule has 0 bridgehead atoms. The van der Waals surface area contributed by atoms with E-state index in [-0.39, 0.29) is 0 Å². The number of hydrogen-bond donors (Lipinski definition) is 1. The Morgan fingerprint density at radius 3 is 2.56 bits per heavy atom. The molecule has 0 aliphatic rings. The molecule has 0 amide bonds. The molecule has 0 fully saturated rings. The first-order valence-electron chi connectivity index (χ1n) is 6.53. The van der Waals surface area contributed by atoms with E-state index in [0.717, 1.165) is 29.7 Å². The molecule has 18 heavy (non-hydrogen) atoms. The minimum absolute atomic E-state index is 0.422. The van der Waals surface area contributed by atoms with Crippen molar-refractivity contribution in [2.24, 2.45) is 0 Å². The maximum absolute atomic E-state index is 5.89. The van der Waals surface area contributed by atoms with Crippen LogP contribution in [0.15, 0.2) is 28.8 Å². The highest BCUT2D eigenvalue weighted by molar-refractivity contribution is 5.75. The third-order valence-corrected chi connectivity index (χ3v) is 3.15. The van der Waals surface area contributed by atoms with Crippen LogP contribution in [0.5, 0.6) is 0 Å². The van der Waals surface area contributed by atoms with Crippen LogP contribution >= 0.6 is 0 Å². The molecule has 1 heterocycles. The third kappa shape index (κ3) is 2.73. The average Bonchev–Trinajstić information content (AvgIpc) is 2.72. The molecule has 0 unspecified atom stereocenters. The van der Waals surface area contributed by atoms with Crippen LogP contribution < -0.4 is 5.73 Å². The highest BCUT2D eigenvalue weighted by atomic mass is 16.5. The lowest BCUT2D eigenvalue weighted by Gasteiger charge is -2.03. The van der Waals surface area contributed by atoms with Crippen LogP contribution in [0.4, 0.5) is 5.88 Å². The van der Waals surface area contributed by atoms with Crippen LogP contribution in [0.3, 0.4) is 0 Å². The van der Waals surface area contributed by atoms with Crippen molar-refractivity contribution in [1.82, 2.24) is 5.16 Å². The predicted octanol–water partition coefficient (Wildman–Crippen LogP) is 3.96. The second kappa shape index (κ2) is 5.71. The molecule has 2 N–H and O–H groups in total. The Hall–Kier alpha value is -1.77. The van der Waals surface area contributed by atoms with Crippen LogP contribution in [-0.4, -0.2) is 5.16 Å². The van der Waals surface area contributed by atoms with Gasteiger partial charge in [0, 0.05) is 0 Å². The summed E-state index contributed by atoms with van der Waals surface area (Å²) in [5.74, 6) is 0.422. The van der Waals surface area contributed by atoms with Crippen LogP contribution in [0, 0.1) is 6.92 Å². The van der Waals surface area contributed by atoms with Gasteiger partial charge in [0.2, 0.25) is 5.88 Å². The normalized spacial score (nSPS) is 10.8. The molecule has 3 heteroatoms. The summed E-state index contributed by atoms with van der Waals surface area (Å²) < 4.78 is 5.14. The van der Waals surface area contributed by atoms with Crippen molar-refractivity contribution < 1.29 is 4.52 Å². The maximum atomic E-state index is 5.89. The molecule has 2 rings (SSSR count). The first-order chi connectivity index (χ1) is 8.72. The molecule has 2 aromatic rings. The van der Waals surface area contributed by atoms with Crippen molar-refractivity contribution in [2.45, 2.75) is 39.5 Å². The number of unbranched alkanes of at least 4 members (excludes halogenated alkanes) is 2. The van der Waals surface area contributed by atoms with Gasteiger partial charge >= 0.3 is 0 Å². The third-order valence-electron chi connectivity index (χ3n) is 3.15. The topological polar surface area (TPSA) is 52.0 Å². The zero-order valence-electron chi connectivity index (χ0n) is 11.1. The minimum atomic E-state index is 0.422. The van der Waals surface area contributed by atoms with Crippen molar-refractivity contribution in [3.63, 3.8) is 0 Å². The summed E-state index contributed by atoms with van der Waals surface area (Å²) in [6.45, 7) is 4.26. The number of aryl methyl sites for hydroxylation is 2. The van der Waals surface area contributed by atoms with Crippen molar-refractivity contribution in [3.8, 4) is 11.1 Å². The highest BCUT2D eigenvalue weighted by Gasteiger charge is 2.14. The molecule has 0 aliphatic heterocycles. The number of nitrogen functional groups attached to an aromatic ring is 1. The second-order valence-electron chi connectivity index (χ2n) is 4.69. The fourth-order valence-electron chi connectivity index (χ4n) is 2.08. The summed E-state index contributed by atoms with van der Waals surface area (Å²) in [7, 11) is 0. The van der Waals surface area contributed by atoms with Crippen molar-refractivity contribution in [1.29, 1.82) is 0 Å². The Balaban J connectivity index is 2.25. The van der Waals surface area contributed by atoms with Gasteiger partial charge in [-0.05, 0) is 25.3 Å². The van der Waals surface area contributed by atoms with E-state index in [9.17, 15) is 0 Å². The van der Waals surface area contributed by atoms with Gasteiger partial charge in [-0.15, -0.1) is 0 Å². The van der Waals surface area contributed by atoms with Gasteiger partial charge in [0.1, 0.15) is 0 Å². The van der Waals surface area contributed by atoms with Crippen LogP contribution in [0.1, 0.15) is 37.4 Å². The molecular weight excluding hydrogens is 224 g/mol. The van der Waals surface area contributed by atoms with Crippen LogP contribution in [-0.2, 0) is 6.42 Å². The summed E-state index contributed by atoms with van der Waals surface area (Å²) in [5, 5.41) is 4.09. The summed E-state index contributed by atoms with van der Waals surface area (Å²) in [5.41, 5.74) is 10.2. The van der Waals surface area contributed by atoms with Crippen molar-refractivity contribution >= 4 is 5.88 Å². The van der Waals surface area contributed by atoms with Crippen LogP contribution in [0.25, 0.3) is 11.1 Å². The number of hydrogen-bond acceptors (Lipinski definition) is 3. The lowest BCUT2D eigenvalue weighted by molar-refractivity contribution is 0.426. The van der Waals surface area contributed by atoms with Gasteiger partial charge in [-0.25, -0.2) is 0 Å². The van der Waals surface area contributed by atoms with Gasteiger partial charge in [0.25, 0.3) is 0 Å². The van der Waals surface area contributed by atoms with E-state index in [1.54, 1.807) is 0 Å². The van der Waals surface area contributed by atoms with Gasteiger partial charge < -0.3 is 10.3 Å². The van der Waals surface area contributed by atoms with Gasteiger partial charge in [-0.2, -0.15) is 0 Å². The number of aromatic nitrogens is 1. The molecule has 0 saturated carbocycles. The summed E-state index contributed by atoms with van der Waals surface area (Å²) in [4.78, 5) is 0. The zero-order chi connectivity index (χ0) is 13.0. The SMILES string of the molecule is CCCCCc1noc(N)c1-c1ccc(C)cc1. The van der Waals surface area contributed by atoms with E-state index in [1.807, 2.05) is 0 Å². The first kappa shape index (κ1) is 12.7. The van der Waals surface area contributed by atoms with E-state index < -0.39 is 0 Å². The molecule has 3 nitrogen and oxygen atoms in total. The number of benzene rings is 1. The van der Waals surface area contributed by atoms with E-state index in [2.05, 4.69) is 43.3 Å². The summed E-state index contributed by atoms with van der Waals surface area (Å²) >= 11 is 0. The smallest absolute Gasteiger partial charge is 0.230 e. The maximum Gasteiger partial charge on any atom is 0.230 e. The molecule has 0 spiro atoms. The van der Waals surface area contributed by atoms with Gasteiger partial charge in [-0.1, -0.05) is 54.8 Å². The average molecular weight is 244 g/mol. The van der Waals surface area contributed by atoms with E-state index in [4.69, 9.17) is 10.3 Å². The van der Waals surface area contributed by atoms with E-state index in [1.165, 1.54) is 18.4 Å². The van der Waals surface area contributed by atoms with Gasteiger partial charge in [0.15, 0.2) is 0 Å². The fraction of sp³-hybridized carbons (Fsp3) is 0.400. The summed E-state index contributed by atoms with van der Waals surface area (Å²) in [6, 6.07) is 8.30. The number of nitrogens with zero attached hydrogens (tertiary/aromatic N) is 1. The lowest BCUT2D eigenvalue weighted by atomic mass is 10.0. The minimum Gasteiger partial charge on any atom is -0.367 e. The van der Waals surface area contributed by atoms with Crippen molar-refractivity contribution in [2.75, 3.05) is 5.73 Å².